The molecule has 0 spiro atoms. The van der Waals surface area contributed by atoms with Gasteiger partial charge in [-0.3, -0.25) is 14.5 Å². The van der Waals surface area contributed by atoms with Gasteiger partial charge in [0.05, 0.1) is 6.54 Å². The summed E-state index contributed by atoms with van der Waals surface area (Å²) < 4.78 is 38.9. The number of nitrogens with zero attached hydrogens (tertiary/aromatic N) is 2. The molecule has 0 saturated heterocycles. The predicted molar refractivity (Wildman–Crippen MR) is 147 cm³/mol. The van der Waals surface area contributed by atoms with E-state index in [4.69, 9.17) is 15.2 Å². The molecule has 0 radical (unpaired) electrons. The number of rotatable bonds is 16. The van der Waals surface area contributed by atoms with Gasteiger partial charge in [-0.15, -0.1) is 0 Å². The minimum absolute atomic E-state index is 0.102. The van der Waals surface area contributed by atoms with Crippen molar-refractivity contribution in [3.05, 3.63) is 71.3 Å². The Labute approximate surface area is 238 Å². The molecule has 12 heteroatoms. The van der Waals surface area contributed by atoms with Crippen molar-refractivity contribution in [2.45, 2.75) is 64.1 Å². The van der Waals surface area contributed by atoms with Gasteiger partial charge in [0.15, 0.2) is 17.9 Å². The van der Waals surface area contributed by atoms with Crippen LogP contribution in [0.2, 0.25) is 0 Å². The molecule has 2 aromatic carbocycles. The second-order valence-electron chi connectivity index (χ2n) is 9.72. The first-order chi connectivity index (χ1) is 19.7. The van der Waals surface area contributed by atoms with E-state index in [1.54, 1.807) is 49.1 Å². The Morgan fingerprint density at radius 2 is 1.68 bits per heavy atom. The summed E-state index contributed by atoms with van der Waals surface area (Å²) in [6.45, 7) is 3.97. The summed E-state index contributed by atoms with van der Waals surface area (Å²) in [4.78, 5) is 42.1. The number of carbonyl (C=O) groups is 3. The minimum atomic E-state index is -1.36. The third-order valence-corrected chi connectivity index (χ3v) is 6.70. The lowest BCUT2D eigenvalue weighted by Crippen LogP contribution is -2.58. The van der Waals surface area contributed by atoms with E-state index in [1.807, 2.05) is 0 Å². The van der Waals surface area contributed by atoms with E-state index in [0.29, 0.717) is 18.8 Å². The van der Waals surface area contributed by atoms with Crippen molar-refractivity contribution in [2.24, 2.45) is 5.73 Å². The molecular formula is C29H38F2N4O6. The van der Waals surface area contributed by atoms with Crippen LogP contribution in [0, 0.1) is 11.6 Å². The van der Waals surface area contributed by atoms with E-state index in [0.717, 1.165) is 29.9 Å². The topological polar surface area (TPSA) is 134 Å². The summed E-state index contributed by atoms with van der Waals surface area (Å²) in [5.74, 6) is -3.39. The SMILES string of the molecule is CCOC(CN(C(=O)C(Cc1ccc(F)c(F)c1)NC(=O)C(CN)N(Cc1ccccc1)C(=O)O)C1CC1)OCC. The van der Waals surface area contributed by atoms with Gasteiger partial charge in [-0.05, 0) is 49.9 Å². The first-order valence-corrected chi connectivity index (χ1v) is 13.7. The fraction of sp³-hybridized carbons (Fsp3) is 0.483. The molecule has 0 heterocycles. The Bertz CT molecular complexity index is 1160. The number of nitrogens with two attached hydrogens (primary N) is 1. The normalized spacial score (nSPS) is 14.4. The molecule has 1 saturated carbocycles. The number of ether oxygens (including phenoxy) is 2. The van der Waals surface area contributed by atoms with Crippen molar-refractivity contribution in [1.82, 2.24) is 15.1 Å². The standard InChI is InChI=1S/C29H38F2N4O6/c1-3-40-26(41-4-2)18-34(21-11-12-21)28(37)24(15-20-10-13-22(30)23(31)14-20)33-27(36)25(16-32)35(29(38)39)17-19-8-6-5-7-9-19/h5-10,13-14,21,24-26H,3-4,11-12,15-18,32H2,1-2H3,(H,33,36)(H,38,39). The van der Waals surface area contributed by atoms with Gasteiger partial charge in [0.2, 0.25) is 11.8 Å². The molecule has 0 bridgehead atoms. The predicted octanol–water partition coefficient (Wildman–Crippen LogP) is 2.89. The van der Waals surface area contributed by atoms with Gasteiger partial charge in [-0.2, -0.15) is 0 Å². The highest BCUT2D eigenvalue weighted by Crippen LogP contribution is 2.28. The Morgan fingerprint density at radius 1 is 1.02 bits per heavy atom. The van der Waals surface area contributed by atoms with Crippen molar-refractivity contribution in [1.29, 1.82) is 0 Å². The molecule has 4 N–H and O–H groups in total. The molecule has 1 aliphatic carbocycles. The number of benzene rings is 2. The molecule has 0 aliphatic heterocycles. The van der Waals surface area contributed by atoms with Crippen LogP contribution in [-0.2, 0) is 32.0 Å². The maximum atomic E-state index is 14.0. The number of carboxylic acid groups (broad SMARTS) is 1. The van der Waals surface area contributed by atoms with Crippen molar-refractivity contribution in [2.75, 3.05) is 26.3 Å². The van der Waals surface area contributed by atoms with Gasteiger partial charge in [0, 0.05) is 38.8 Å². The smallest absolute Gasteiger partial charge is 0.408 e. The largest absolute Gasteiger partial charge is 0.465 e. The van der Waals surface area contributed by atoms with Gasteiger partial charge in [-0.1, -0.05) is 36.4 Å². The van der Waals surface area contributed by atoms with Gasteiger partial charge < -0.3 is 30.5 Å². The Kier molecular flexibility index (Phi) is 12.0. The van der Waals surface area contributed by atoms with Crippen LogP contribution in [0.4, 0.5) is 13.6 Å². The first kappa shape index (κ1) is 31.9. The second kappa shape index (κ2) is 15.4. The minimum Gasteiger partial charge on any atom is -0.465 e. The van der Waals surface area contributed by atoms with Crippen LogP contribution in [0.1, 0.15) is 37.8 Å². The van der Waals surface area contributed by atoms with Crippen LogP contribution in [-0.4, -0.2) is 83.5 Å². The van der Waals surface area contributed by atoms with E-state index >= 15 is 0 Å². The molecule has 0 aromatic heterocycles. The Balaban J connectivity index is 1.89. The lowest BCUT2D eigenvalue weighted by Gasteiger charge is -2.33. The molecular weight excluding hydrogens is 538 g/mol. The molecule has 224 valence electrons. The highest BCUT2D eigenvalue weighted by Gasteiger charge is 2.39. The zero-order valence-corrected chi connectivity index (χ0v) is 23.3. The zero-order chi connectivity index (χ0) is 29.9. The monoisotopic (exact) mass is 576 g/mol. The summed E-state index contributed by atoms with van der Waals surface area (Å²) in [5, 5.41) is 12.6. The average Bonchev–Trinajstić information content (AvgIpc) is 3.79. The molecule has 2 aromatic rings. The maximum absolute atomic E-state index is 14.0. The summed E-state index contributed by atoms with van der Waals surface area (Å²) in [6, 6.07) is 9.30. The Hall–Kier alpha value is -3.61. The van der Waals surface area contributed by atoms with E-state index in [1.165, 1.54) is 6.07 Å². The second-order valence-corrected chi connectivity index (χ2v) is 9.72. The third-order valence-electron chi connectivity index (χ3n) is 6.70. The number of halogens is 2. The van der Waals surface area contributed by atoms with Gasteiger partial charge in [0.25, 0.3) is 0 Å². The molecule has 10 nitrogen and oxygen atoms in total. The molecule has 1 fully saturated rings. The molecule has 3 rings (SSSR count). The molecule has 2 atom stereocenters. The lowest BCUT2D eigenvalue weighted by atomic mass is 10.0. The summed E-state index contributed by atoms with van der Waals surface area (Å²) in [6.07, 6.45) is -0.726. The van der Waals surface area contributed by atoms with E-state index in [9.17, 15) is 28.3 Å². The van der Waals surface area contributed by atoms with Crippen LogP contribution in [0.15, 0.2) is 48.5 Å². The van der Waals surface area contributed by atoms with Gasteiger partial charge >= 0.3 is 6.09 Å². The number of carbonyl (C=O) groups excluding carboxylic acids is 2. The van der Waals surface area contributed by atoms with Crippen LogP contribution < -0.4 is 11.1 Å². The fourth-order valence-electron chi connectivity index (χ4n) is 4.53. The highest BCUT2D eigenvalue weighted by molar-refractivity contribution is 5.91. The molecule has 2 unspecified atom stereocenters. The Morgan fingerprint density at radius 3 is 2.22 bits per heavy atom. The summed E-state index contributed by atoms with van der Waals surface area (Å²) in [7, 11) is 0. The highest BCUT2D eigenvalue weighted by atomic mass is 19.2. The number of amides is 3. The average molecular weight is 577 g/mol. The molecule has 41 heavy (non-hydrogen) atoms. The van der Waals surface area contributed by atoms with Gasteiger partial charge in [0.1, 0.15) is 12.1 Å². The van der Waals surface area contributed by atoms with Gasteiger partial charge in [-0.25, -0.2) is 13.6 Å². The zero-order valence-electron chi connectivity index (χ0n) is 23.3. The van der Waals surface area contributed by atoms with Crippen molar-refractivity contribution in [3.8, 4) is 0 Å². The number of hydrogen-bond acceptors (Lipinski definition) is 6. The van der Waals surface area contributed by atoms with Crippen LogP contribution >= 0.6 is 0 Å². The number of hydrogen-bond donors (Lipinski definition) is 3. The van der Waals surface area contributed by atoms with E-state index in [-0.39, 0.29) is 37.7 Å². The van der Waals surface area contributed by atoms with Crippen LogP contribution in [0.3, 0.4) is 0 Å². The third kappa shape index (κ3) is 9.20. The maximum Gasteiger partial charge on any atom is 0.408 e. The van der Waals surface area contributed by atoms with Crippen LogP contribution in [0.25, 0.3) is 0 Å². The molecule has 1 aliphatic rings. The summed E-state index contributed by atoms with van der Waals surface area (Å²) in [5.41, 5.74) is 6.79. The first-order valence-electron chi connectivity index (χ1n) is 13.7. The number of nitrogens with one attached hydrogen (secondary N) is 1. The lowest BCUT2D eigenvalue weighted by molar-refractivity contribution is -0.161. The fourth-order valence-corrected chi connectivity index (χ4v) is 4.53. The van der Waals surface area contributed by atoms with E-state index in [2.05, 4.69) is 5.32 Å². The summed E-state index contributed by atoms with van der Waals surface area (Å²) >= 11 is 0. The van der Waals surface area contributed by atoms with Crippen LogP contribution in [0.5, 0.6) is 0 Å². The van der Waals surface area contributed by atoms with Crippen molar-refractivity contribution in [3.63, 3.8) is 0 Å². The molecule has 3 amide bonds. The van der Waals surface area contributed by atoms with Crippen molar-refractivity contribution < 1.29 is 37.7 Å². The van der Waals surface area contributed by atoms with Crippen molar-refractivity contribution >= 4 is 17.9 Å². The quantitative estimate of drug-likeness (QED) is 0.262. The van der Waals surface area contributed by atoms with E-state index < -0.39 is 47.9 Å².